The van der Waals surface area contributed by atoms with Gasteiger partial charge in [-0.15, -0.1) is 34.0 Å². The summed E-state index contributed by atoms with van der Waals surface area (Å²) >= 11 is 18.6. The van der Waals surface area contributed by atoms with Crippen molar-refractivity contribution in [2.45, 2.75) is 97.3 Å². The van der Waals surface area contributed by atoms with Crippen molar-refractivity contribution >= 4 is 77.4 Å². The quantitative estimate of drug-likeness (QED) is 0.0925. The highest BCUT2D eigenvalue weighted by molar-refractivity contribution is 7.21. The van der Waals surface area contributed by atoms with Crippen molar-refractivity contribution in [2.75, 3.05) is 0 Å². The highest BCUT2D eigenvalue weighted by Gasteiger charge is 2.22. The number of hydrogen-bond acceptors (Lipinski definition) is 3. The fraction of sp³-hybridized carbons (Fsp3) is 0.444. The largest absolute Gasteiger partial charge is 0.207 e. The maximum absolute atomic E-state index is 14.4. The van der Waals surface area contributed by atoms with E-state index in [4.69, 9.17) is 23.2 Å². The molecule has 224 valence electrons. The molecule has 0 aliphatic heterocycles. The summed E-state index contributed by atoms with van der Waals surface area (Å²) < 4.78 is 16.8. The molecule has 0 nitrogen and oxygen atoms in total. The van der Waals surface area contributed by atoms with Gasteiger partial charge in [-0.05, 0) is 65.1 Å². The molecular weight excluding hydrogens is 619 g/mol. The molecule has 6 heteroatoms. The van der Waals surface area contributed by atoms with Gasteiger partial charge in [-0.3, -0.25) is 0 Å². The first kappa shape index (κ1) is 32.0. The first-order valence-electron chi connectivity index (χ1n) is 15.7. The molecule has 42 heavy (non-hydrogen) atoms. The van der Waals surface area contributed by atoms with E-state index in [1.807, 2.05) is 17.4 Å². The van der Waals surface area contributed by atoms with Gasteiger partial charge in [-0.25, -0.2) is 4.39 Å². The van der Waals surface area contributed by atoms with Gasteiger partial charge in [0.05, 0.1) is 5.02 Å². The Kier molecular flexibility index (Phi) is 11.8. The molecule has 5 aromatic rings. The van der Waals surface area contributed by atoms with E-state index >= 15 is 0 Å². The third-order valence-electron chi connectivity index (χ3n) is 8.38. The Morgan fingerprint density at radius 2 is 1.31 bits per heavy atom. The van der Waals surface area contributed by atoms with Crippen LogP contribution in [0.5, 0.6) is 0 Å². The molecule has 2 aromatic carbocycles. The molecule has 0 bridgehead atoms. The van der Waals surface area contributed by atoms with Crippen molar-refractivity contribution in [3.05, 3.63) is 67.9 Å². The predicted octanol–water partition coefficient (Wildman–Crippen LogP) is 14.8. The maximum Gasteiger partial charge on any atom is 0.125 e. The molecule has 0 N–H and O–H groups in total. The van der Waals surface area contributed by atoms with Crippen molar-refractivity contribution in [3.63, 3.8) is 0 Å². The molecule has 1 atom stereocenters. The van der Waals surface area contributed by atoms with Gasteiger partial charge in [0.1, 0.15) is 5.82 Å². The van der Waals surface area contributed by atoms with Crippen LogP contribution in [0.1, 0.15) is 95.8 Å². The molecule has 0 aliphatic carbocycles. The average molecular weight is 660 g/mol. The molecule has 0 saturated heterocycles. The molecule has 0 saturated carbocycles. The van der Waals surface area contributed by atoms with Gasteiger partial charge in [-0.2, -0.15) is 0 Å². The molecule has 1 unspecified atom stereocenters. The predicted molar refractivity (Wildman–Crippen MR) is 190 cm³/mol. The van der Waals surface area contributed by atoms with Crippen molar-refractivity contribution in [1.82, 2.24) is 0 Å². The smallest absolute Gasteiger partial charge is 0.125 e. The highest BCUT2D eigenvalue weighted by atomic mass is 35.5. The van der Waals surface area contributed by atoms with Gasteiger partial charge in [0.15, 0.2) is 0 Å². The van der Waals surface area contributed by atoms with Crippen molar-refractivity contribution in [1.29, 1.82) is 0 Å². The average Bonchev–Trinajstić information content (AvgIpc) is 3.71. The number of benzene rings is 2. The summed E-state index contributed by atoms with van der Waals surface area (Å²) in [6.45, 7) is 4.57. The molecule has 0 amide bonds. The lowest BCUT2D eigenvalue weighted by atomic mass is 9.91. The van der Waals surface area contributed by atoms with E-state index in [9.17, 15) is 4.39 Å². The molecular formula is C36H41Cl2FS3. The Labute approximate surface area is 272 Å². The fourth-order valence-corrected chi connectivity index (χ4v) is 10.1. The Morgan fingerprint density at radius 3 is 1.98 bits per heavy atom. The Morgan fingerprint density at radius 1 is 0.714 bits per heavy atom. The molecule has 3 aromatic heterocycles. The lowest BCUT2D eigenvalue weighted by molar-refractivity contribution is 0.404. The number of fused-ring (bicyclic) bond motifs is 2. The summed E-state index contributed by atoms with van der Waals surface area (Å²) in [6, 6.07) is 11.4. The zero-order valence-corrected chi connectivity index (χ0v) is 28.7. The van der Waals surface area contributed by atoms with E-state index in [2.05, 4.69) is 42.8 Å². The number of unbranched alkanes of at least 4 members (excludes halogenated alkanes) is 8. The molecule has 0 spiro atoms. The molecule has 0 aliphatic rings. The number of thiophene rings is 3. The van der Waals surface area contributed by atoms with Crippen LogP contribution in [0.15, 0.2) is 47.2 Å². The first-order chi connectivity index (χ1) is 20.5. The van der Waals surface area contributed by atoms with E-state index < -0.39 is 0 Å². The van der Waals surface area contributed by atoms with Gasteiger partial charge in [-0.1, -0.05) is 114 Å². The number of hydrogen-bond donors (Lipinski definition) is 0. The maximum atomic E-state index is 14.4. The van der Waals surface area contributed by atoms with Crippen LogP contribution in [0.4, 0.5) is 4.39 Å². The van der Waals surface area contributed by atoms with Crippen LogP contribution in [0.25, 0.3) is 41.7 Å². The SMILES string of the molecule is CCCCCCCCC(CCCCCC)Cc1sc(-c2c3ccsc3c(-c3cc(F)cc(Cl)c3)c3ccsc23)cc1Cl. The fourth-order valence-electron chi connectivity index (χ4n) is 6.23. The van der Waals surface area contributed by atoms with Gasteiger partial charge in [0.2, 0.25) is 0 Å². The molecule has 0 fully saturated rings. The highest BCUT2D eigenvalue weighted by Crippen LogP contribution is 2.50. The van der Waals surface area contributed by atoms with Crippen molar-refractivity contribution in [2.24, 2.45) is 5.92 Å². The Bertz CT molecular complexity index is 1520. The zero-order chi connectivity index (χ0) is 29.5. The number of halogens is 3. The third-order valence-corrected chi connectivity index (χ3v) is 12.1. The van der Waals surface area contributed by atoms with Crippen LogP contribution in [-0.2, 0) is 6.42 Å². The Hall–Kier alpha value is -1.43. The second-order valence-electron chi connectivity index (χ2n) is 11.6. The summed E-state index contributed by atoms with van der Waals surface area (Å²) in [4.78, 5) is 2.56. The van der Waals surface area contributed by atoms with Crippen LogP contribution < -0.4 is 0 Å². The van der Waals surface area contributed by atoms with E-state index in [-0.39, 0.29) is 5.82 Å². The van der Waals surface area contributed by atoms with Gasteiger partial charge in [0.25, 0.3) is 0 Å². The topological polar surface area (TPSA) is 0 Å². The minimum Gasteiger partial charge on any atom is -0.207 e. The van der Waals surface area contributed by atoms with Crippen LogP contribution in [-0.4, -0.2) is 0 Å². The van der Waals surface area contributed by atoms with E-state index in [0.29, 0.717) is 10.9 Å². The van der Waals surface area contributed by atoms with Crippen molar-refractivity contribution in [3.8, 4) is 21.6 Å². The summed E-state index contributed by atoms with van der Waals surface area (Å²) in [5.41, 5.74) is 3.15. The van der Waals surface area contributed by atoms with Gasteiger partial charge < -0.3 is 0 Å². The molecule has 0 radical (unpaired) electrons. The third kappa shape index (κ3) is 7.61. The monoisotopic (exact) mass is 658 g/mol. The van der Waals surface area contributed by atoms with Crippen LogP contribution in [0, 0.1) is 11.7 Å². The van der Waals surface area contributed by atoms with E-state index in [0.717, 1.165) is 28.0 Å². The Balaban J connectivity index is 1.45. The molecule has 3 heterocycles. The van der Waals surface area contributed by atoms with Gasteiger partial charge >= 0.3 is 0 Å². The van der Waals surface area contributed by atoms with E-state index in [1.165, 1.54) is 113 Å². The van der Waals surface area contributed by atoms with Crippen LogP contribution in [0.3, 0.4) is 0 Å². The zero-order valence-electron chi connectivity index (χ0n) is 24.7. The first-order valence-corrected chi connectivity index (χ1v) is 19.0. The van der Waals surface area contributed by atoms with Gasteiger partial charge in [0, 0.05) is 46.1 Å². The van der Waals surface area contributed by atoms with Crippen molar-refractivity contribution < 1.29 is 4.39 Å². The van der Waals surface area contributed by atoms with Crippen LogP contribution in [0.2, 0.25) is 10.0 Å². The summed E-state index contributed by atoms with van der Waals surface area (Å²) in [5, 5.41) is 7.97. The summed E-state index contributed by atoms with van der Waals surface area (Å²) in [7, 11) is 0. The van der Waals surface area contributed by atoms with E-state index in [1.54, 1.807) is 28.7 Å². The standard InChI is InChI=1S/C36H41Cl2FS3/c1-3-5-7-9-10-12-14-24(13-11-8-6-4-2)19-31-30(38)23-32(42-31)34-29-16-18-40-35(29)33(28-15-17-41-36(28)34)25-20-26(37)22-27(39)21-25/h15-18,20-24H,3-14,19H2,1-2H3. The minimum atomic E-state index is -0.311. The summed E-state index contributed by atoms with van der Waals surface area (Å²) in [5.74, 6) is 0.384. The normalized spacial score (nSPS) is 12.6. The van der Waals surface area contributed by atoms with Crippen LogP contribution >= 0.6 is 57.2 Å². The number of rotatable bonds is 16. The second kappa shape index (κ2) is 15.5. The summed E-state index contributed by atoms with van der Waals surface area (Å²) in [6.07, 6.45) is 17.0. The second-order valence-corrected chi connectivity index (χ2v) is 15.4. The lowest BCUT2D eigenvalue weighted by Gasteiger charge is -2.16. The molecule has 5 rings (SSSR count). The lowest BCUT2D eigenvalue weighted by Crippen LogP contribution is -2.04. The minimum absolute atomic E-state index is 0.311.